The summed E-state index contributed by atoms with van der Waals surface area (Å²) in [5.74, 6) is 2.90. The summed E-state index contributed by atoms with van der Waals surface area (Å²) in [6.07, 6.45) is 7.96. The Morgan fingerprint density at radius 1 is 0.727 bits per heavy atom. The molecule has 4 heterocycles. The van der Waals surface area contributed by atoms with Crippen molar-refractivity contribution in [1.82, 2.24) is 0 Å². The molecule has 0 bridgehead atoms. The quantitative estimate of drug-likeness (QED) is 0.0282. The van der Waals surface area contributed by atoms with Crippen molar-refractivity contribution in [3.63, 3.8) is 0 Å². The minimum Gasteiger partial charge on any atom is -0.493 e. The van der Waals surface area contributed by atoms with Crippen LogP contribution in [0.25, 0.3) is 0 Å². The first kappa shape index (κ1) is 55.9. The predicted molar refractivity (Wildman–Crippen MR) is 311 cm³/mol. The summed E-state index contributed by atoms with van der Waals surface area (Å²) in [4.78, 5) is 51.4. The summed E-state index contributed by atoms with van der Waals surface area (Å²) < 4.78 is 36.3. The highest BCUT2D eigenvalue weighted by atomic mass is 33.1. The molecule has 0 saturated carbocycles. The zero-order chi connectivity index (χ0) is 53.9. The normalized spacial score (nSPS) is 16.5. The van der Waals surface area contributed by atoms with Crippen LogP contribution < -0.4 is 28.9 Å². The van der Waals surface area contributed by atoms with Gasteiger partial charge in [-0.05, 0) is 172 Å². The molecule has 5 aromatic rings. The Balaban J connectivity index is 0.979. The van der Waals surface area contributed by atoms with E-state index in [9.17, 15) is 14.4 Å². The van der Waals surface area contributed by atoms with Crippen LogP contribution in [0.2, 0.25) is 0 Å². The second kappa shape index (κ2) is 26.2. The summed E-state index contributed by atoms with van der Waals surface area (Å²) in [6.45, 7) is 12.9. The molecule has 0 aliphatic carbocycles. The fourth-order valence-corrected chi connectivity index (χ4v) is 13.6. The van der Waals surface area contributed by atoms with Crippen molar-refractivity contribution in [1.29, 1.82) is 0 Å². The number of hydrogen-bond acceptors (Lipinski definition) is 13. The highest BCUT2D eigenvalue weighted by molar-refractivity contribution is 8.77. The Labute approximate surface area is 462 Å². The summed E-state index contributed by atoms with van der Waals surface area (Å²) in [7, 11) is 6.90. The van der Waals surface area contributed by atoms with E-state index in [0.29, 0.717) is 69.6 Å². The number of carbonyl (C=O) groups excluding carboxylic acids is 3. The first-order chi connectivity index (χ1) is 37.4. The number of amides is 2. The first-order valence-electron chi connectivity index (χ1n) is 27.2. The number of ketones is 1. The van der Waals surface area contributed by atoms with Gasteiger partial charge in [-0.3, -0.25) is 19.4 Å². The number of methoxy groups -OCH3 is 2. The lowest BCUT2D eigenvalue weighted by Crippen LogP contribution is -2.38. The van der Waals surface area contributed by atoms with Crippen LogP contribution in [0.15, 0.2) is 96.0 Å². The number of Topliss-reactive ketones (excluding diaryl/α,β-unsaturated/α-hetero) is 1. The Hall–Kier alpha value is -5.84. The van der Waals surface area contributed by atoms with Crippen molar-refractivity contribution >= 4 is 62.5 Å². The molecule has 0 spiro atoms. The highest BCUT2D eigenvalue weighted by Gasteiger charge is 2.39. The summed E-state index contributed by atoms with van der Waals surface area (Å²) in [6, 6.07) is 31.2. The number of benzene rings is 5. The highest BCUT2D eigenvalue weighted by Crippen LogP contribution is 2.43. The van der Waals surface area contributed by atoms with E-state index in [4.69, 9.17) is 28.4 Å². The largest absolute Gasteiger partial charge is 0.493 e. The number of fused-ring (bicyclic) bond motifs is 8. The van der Waals surface area contributed by atoms with Crippen LogP contribution in [0, 0.1) is 6.92 Å². The number of anilines is 3. The van der Waals surface area contributed by atoms with E-state index in [0.717, 1.165) is 107 Å². The van der Waals surface area contributed by atoms with Gasteiger partial charge in [-0.15, -0.1) is 0 Å². The van der Waals surface area contributed by atoms with Gasteiger partial charge in [0, 0.05) is 77.4 Å². The van der Waals surface area contributed by atoms with Crippen LogP contribution in [-0.4, -0.2) is 113 Å². The van der Waals surface area contributed by atoms with Gasteiger partial charge >= 0.3 is 0 Å². The molecule has 15 heteroatoms. The summed E-state index contributed by atoms with van der Waals surface area (Å²) >= 11 is 0. The third kappa shape index (κ3) is 13.7. The molecule has 0 N–H and O–H groups in total. The average Bonchev–Trinajstić information content (AvgIpc) is 3.96. The van der Waals surface area contributed by atoms with Gasteiger partial charge in [-0.2, -0.15) is 0 Å². The van der Waals surface area contributed by atoms with Gasteiger partial charge in [0.2, 0.25) is 0 Å². The molecular weight excluding hydrogens is 1010 g/mol. The molecule has 13 nitrogen and oxygen atoms in total. The van der Waals surface area contributed by atoms with E-state index in [-0.39, 0.29) is 54.2 Å². The number of aryl methyl sites for hydroxylation is 3. The number of carbonyl (C=O) groups is 3. The van der Waals surface area contributed by atoms with Crippen LogP contribution in [0.5, 0.6) is 17.2 Å². The van der Waals surface area contributed by atoms with Gasteiger partial charge in [0.15, 0.2) is 17.3 Å². The number of ether oxygens (including phenoxy) is 6. The first-order valence-corrected chi connectivity index (χ1v) is 29.5. The number of para-hydroxylation sites is 2. The molecule has 9 rings (SSSR count). The SMILES string of the molecule is CC=NCC(=O)CCCSSC(C)(C)CN(CCOCCOCCOC)c1cc(COc2cc3c(cc2C)C(=O)N2c4ccccc4C[C@H]2CC3)cc(COc2cc3c(cc2OC)C(=O)N2c4ccccc4C[C@H]2CC3)c1. The zero-order valence-corrected chi connectivity index (χ0v) is 47.2. The van der Waals surface area contributed by atoms with Gasteiger partial charge in [0.25, 0.3) is 11.8 Å². The van der Waals surface area contributed by atoms with Crippen LogP contribution in [0.1, 0.15) is 106 Å². The minimum atomic E-state index is -0.203. The maximum atomic E-state index is 14.3. The van der Waals surface area contributed by atoms with E-state index in [1.807, 2.05) is 76.9 Å². The van der Waals surface area contributed by atoms with Crippen LogP contribution in [0.4, 0.5) is 17.1 Å². The van der Waals surface area contributed by atoms with Crippen LogP contribution in [0.3, 0.4) is 0 Å². The molecule has 0 unspecified atom stereocenters. The Morgan fingerprint density at radius 2 is 1.31 bits per heavy atom. The van der Waals surface area contributed by atoms with E-state index in [1.54, 1.807) is 31.2 Å². The second-order valence-corrected chi connectivity index (χ2v) is 24.1. The third-order valence-electron chi connectivity index (χ3n) is 14.8. The van der Waals surface area contributed by atoms with Crippen molar-refractivity contribution in [2.45, 2.75) is 109 Å². The molecule has 2 amide bonds. The van der Waals surface area contributed by atoms with Gasteiger partial charge in [-0.1, -0.05) is 58.0 Å². The molecule has 0 radical (unpaired) electrons. The fourth-order valence-electron chi connectivity index (χ4n) is 11.0. The molecule has 408 valence electrons. The molecular formula is C62H74N4O9S2. The topological polar surface area (TPSA) is 129 Å². The van der Waals surface area contributed by atoms with E-state index in [1.165, 1.54) is 11.1 Å². The van der Waals surface area contributed by atoms with Crippen LogP contribution >= 0.6 is 21.6 Å². The van der Waals surface area contributed by atoms with Gasteiger partial charge in [0.1, 0.15) is 19.0 Å². The standard InChI is InChI=1S/C62H74N4O9S2/c1-7-63-38-52(67)15-12-28-76-77-62(3,4)41-64(22-23-72-26-27-73-25-24-70-5)51-31-43(39-74-57-35-45-18-20-49-33-47-13-8-10-16-55(47)65(49)60(68)53(45)29-42(57)2)30-44(32-51)40-75-59-36-46-19-21-50-34-48-14-9-11-17-56(48)66(50)61(69)54(46)37-58(59)71-6/h7-11,13-14,16-17,29-32,35-37,49-50H,12,15,18-28,33-34,38-41H2,1-6H3/t49-,50-/m1/s1. The molecule has 4 aliphatic rings. The van der Waals surface area contributed by atoms with E-state index >= 15 is 0 Å². The van der Waals surface area contributed by atoms with Crippen LogP contribution in [-0.2, 0) is 57.9 Å². The van der Waals surface area contributed by atoms with Crippen molar-refractivity contribution in [3.05, 3.63) is 141 Å². The summed E-state index contributed by atoms with van der Waals surface area (Å²) in [5, 5.41) is 0. The molecule has 0 saturated heterocycles. The fraction of sp³-hybridized carbons (Fsp3) is 0.452. The van der Waals surface area contributed by atoms with E-state index < -0.39 is 0 Å². The molecule has 77 heavy (non-hydrogen) atoms. The lowest BCUT2D eigenvalue weighted by atomic mass is 9.98. The Morgan fingerprint density at radius 3 is 1.94 bits per heavy atom. The second-order valence-electron chi connectivity index (χ2n) is 21.0. The third-order valence-corrected chi connectivity index (χ3v) is 18.2. The molecule has 2 atom stereocenters. The monoisotopic (exact) mass is 1080 g/mol. The average molecular weight is 1080 g/mol. The van der Waals surface area contributed by atoms with Gasteiger partial charge in [0.05, 0.1) is 46.7 Å². The predicted octanol–water partition coefficient (Wildman–Crippen LogP) is 11.3. The maximum Gasteiger partial charge on any atom is 0.258 e. The summed E-state index contributed by atoms with van der Waals surface area (Å²) in [5.41, 5.74) is 11.6. The van der Waals surface area contributed by atoms with Crippen molar-refractivity contribution < 1.29 is 42.8 Å². The van der Waals surface area contributed by atoms with Crippen molar-refractivity contribution in [2.75, 3.05) is 87.3 Å². The Kier molecular flexibility index (Phi) is 19.0. The Bertz CT molecular complexity index is 2930. The smallest absolute Gasteiger partial charge is 0.258 e. The minimum absolute atomic E-state index is 0.00743. The number of nitrogens with zero attached hydrogens (tertiary/aromatic N) is 4. The van der Waals surface area contributed by atoms with Crippen molar-refractivity contribution in [3.8, 4) is 17.2 Å². The molecule has 5 aromatic carbocycles. The van der Waals surface area contributed by atoms with Crippen molar-refractivity contribution in [2.24, 2.45) is 4.99 Å². The molecule has 0 aromatic heterocycles. The maximum absolute atomic E-state index is 14.3. The lowest BCUT2D eigenvalue weighted by molar-refractivity contribution is -0.117. The number of rotatable bonds is 27. The lowest BCUT2D eigenvalue weighted by Gasteiger charge is -2.34. The van der Waals surface area contributed by atoms with E-state index in [2.05, 4.69) is 72.3 Å². The zero-order valence-electron chi connectivity index (χ0n) is 45.6. The molecule has 0 fully saturated rings. The van der Waals surface area contributed by atoms with Gasteiger partial charge < -0.3 is 43.1 Å². The number of hydrogen-bond donors (Lipinski definition) is 0. The number of aliphatic imine (C=N–C) groups is 1. The molecule has 4 aliphatic heterocycles. The van der Waals surface area contributed by atoms with Gasteiger partial charge in [-0.25, -0.2) is 0 Å².